The average molecular weight is 266 g/mol. The van der Waals surface area contributed by atoms with Crippen LogP contribution >= 0.6 is 0 Å². The summed E-state index contributed by atoms with van der Waals surface area (Å²) in [6.45, 7) is 9.35. The molecule has 1 N–H and O–H groups in total. The van der Waals surface area contributed by atoms with E-state index >= 15 is 0 Å². The molecular formula is C15H23FN2O. The average Bonchev–Trinajstić information content (AvgIpc) is 2.37. The molecule has 0 aliphatic carbocycles. The molecule has 0 aromatic heterocycles. The normalized spacial score (nSPS) is 19.5. The molecule has 1 aromatic rings. The molecule has 1 aliphatic heterocycles. The Bertz CT molecular complexity index is 422. The molecule has 1 saturated heterocycles. The van der Waals surface area contributed by atoms with Crippen LogP contribution < -0.4 is 4.90 Å². The van der Waals surface area contributed by atoms with Gasteiger partial charge in [0, 0.05) is 37.3 Å². The van der Waals surface area contributed by atoms with Gasteiger partial charge in [-0.3, -0.25) is 4.90 Å². The number of halogens is 1. The first-order valence-electron chi connectivity index (χ1n) is 6.80. The number of benzene rings is 1. The van der Waals surface area contributed by atoms with Gasteiger partial charge in [0.25, 0.3) is 0 Å². The lowest BCUT2D eigenvalue weighted by molar-refractivity contribution is -0.0724. The van der Waals surface area contributed by atoms with Crippen LogP contribution in [-0.4, -0.2) is 42.4 Å². The summed E-state index contributed by atoms with van der Waals surface area (Å²) in [4.78, 5) is 4.25. The summed E-state index contributed by atoms with van der Waals surface area (Å²) in [6.07, 6.45) is -0.429. The number of aliphatic hydroxyl groups is 1. The highest BCUT2D eigenvalue weighted by molar-refractivity contribution is 5.46. The lowest BCUT2D eigenvalue weighted by atomic mass is 9.93. The van der Waals surface area contributed by atoms with Gasteiger partial charge in [-0.05, 0) is 18.2 Å². The maximum Gasteiger partial charge on any atom is 0.125 e. The highest BCUT2D eigenvalue weighted by atomic mass is 19.1. The third kappa shape index (κ3) is 3.45. The van der Waals surface area contributed by atoms with E-state index in [0.29, 0.717) is 0 Å². The Morgan fingerprint density at radius 2 is 1.79 bits per heavy atom. The van der Waals surface area contributed by atoms with Crippen LogP contribution in [0.3, 0.4) is 0 Å². The van der Waals surface area contributed by atoms with Gasteiger partial charge in [0.1, 0.15) is 12.0 Å². The van der Waals surface area contributed by atoms with Crippen LogP contribution in [0, 0.1) is 11.2 Å². The topological polar surface area (TPSA) is 26.7 Å². The molecule has 0 amide bonds. The molecule has 4 heteroatoms. The minimum absolute atomic E-state index is 0.138. The van der Waals surface area contributed by atoms with Crippen molar-refractivity contribution in [2.24, 2.45) is 5.41 Å². The maximum atomic E-state index is 13.2. The monoisotopic (exact) mass is 266 g/mol. The molecule has 0 radical (unpaired) electrons. The number of aliphatic hydroxyl groups excluding tert-OH is 1. The van der Waals surface area contributed by atoms with E-state index < -0.39 is 6.23 Å². The van der Waals surface area contributed by atoms with Crippen molar-refractivity contribution >= 4 is 5.69 Å². The summed E-state index contributed by atoms with van der Waals surface area (Å²) in [7, 11) is 0. The van der Waals surface area contributed by atoms with Gasteiger partial charge in [0.15, 0.2) is 0 Å². The van der Waals surface area contributed by atoms with Crippen LogP contribution in [0.25, 0.3) is 0 Å². The van der Waals surface area contributed by atoms with Crippen molar-refractivity contribution in [2.45, 2.75) is 27.0 Å². The lowest BCUT2D eigenvalue weighted by Crippen LogP contribution is -2.54. The summed E-state index contributed by atoms with van der Waals surface area (Å²) < 4.78 is 13.2. The highest BCUT2D eigenvalue weighted by Gasteiger charge is 2.30. The van der Waals surface area contributed by atoms with E-state index in [1.807, 2.05) is 26.8 Å². The Morgan fingerprint density at radius 3 is 2.32 bits per heavy atom. The zero-order chi connectivity index (χ0) is 14.0. The van der Waals surface area contributed by atoms with Crippen LogP contribution in [-0.2, 0) is 0 Å². The van der Waals surface area contributed by atoms with Gasteiger partial charge in [-0.15, -0.1) is 0 Å². The second-order valence-electron chi connectivity index (χ2n) is 6.24. The van der Waals surface area contributed by atoms with Gasteiger partial charge in [-0.2, -0.15) is 0 Å². The molecule has 0 spiro atoms. The van der Waals surface area contributed by atoms with E-state index in [1.54, 1.807) is 12.1 Å². The van der Waals surface area contributed by atoms with Crippen molar-refractivity contribution in [3.8, 4) is 0 Å². The zero-order valence-corrected chi connectivity index (χ0v) is 11.9. The van der Waals surface area contributed by atoms with E-state index in [-0.39, 0.29) is 11.2 Å². The molecule has 106 valence electrons. The Hall–Kier alpha value is -1.13. The van der Waals surface area contributed by atoms with Gasteiger partial charge in [0.05, 0.1) is 0 Å². The standard InChI is InChI=1S/C15H23FN2O/c1-15(2,3)14(19)18-9-7-17(8-10-18)13-6-4-5-12(16)11-13/h4-6,11,14,19H,7-10H2,1-3H3. The molecular weight excluding hydrogens is 243 g/mol. The SMILES string of the molecule is CC(C)(C)C(O)N1CCN(c2cccc(F)c2)CC1. The first-order chi connectivity index (χ1) is 8.88. The minimum Gasteiger partial charge on any atom is -0.378 e. The van der Waals surface area contributed by atoms with E-state index in [1.165, 1.54) is 6.07 Å². The van der Waals surface area contributed by atoms with Crippen molar-refractivity contribution < 1.29 is 9.50 Å². The Labute approximate surface area is 114 Å². The third-order valence-electron chi connectivity index (χ3n) is 3.61. The van der Waals surface area contributed by atoms with Gasteiger partial charge < -0.3 is 10.0 Å². The zero-order valence-electron chi connectivity index (χ0n) is 11.9. The number of rotatable bonds is 2. The smallest absolute Gasteiger partial charge is 0.125 e. The van der Waals surface area contributed by atoms with Crippen LogP contribution in [0.2, 0.25) is 0 Å². The summed E-state index contributed by atoms with van der Waals surface area (Å²) in [5.41, 5.74) is 0.783. The second-order valence-corrected chi connectivity index (χ2v) is 6.24. The molecule has 19 heavy (non-hydrogen) atoms. The van der Waals surface area contributed by atoms with E-state index in [9.17, 15) is 9.50 Å². The third-order valence-corrected chi connectivity index (χ3v) is 3.61. The number of hydrogen-bond acceptors (Lipinski definition) is 3. The molecule has 3 nitrogen and oxygen atoms in total. The molecule has 0 bridgehead atoms. The second kappa shape index (κ2) is 5.47. The van der Waals surface area contributed by atoms with Gasteiger partial charge in [0.2, 0.25) is 0 Å². The first-order valence-corrected chi connectivity index (χ1v) is 6.80. The summed E-state index contributed by atoms with van der Waals surface area (Å²) in [6, 6.07) is 6.69. The van der Waals surface area contributed by atoms with Crippen molar-refractivity contribution in [3.63, 3.8) is 0 Å². The number of nitrogens with zero attached hydrogens (tertiary/aromatic N) is 2. The fourth-order valence-electron chi connectivity index (χ4n) is 2.45. The van der Waals surface area contributed by atoms with Crippen LogP contribution in [0.4, 0.5) is 10.1 Å². The minimum atomic E-state index is -0.429. The number of piperazine rings is 1. The van der Waals surface area contributed by atoms with E-state index in [0.717, 1.165) is 31.9 Å². The van der Waals surface area contributed by atoms with Crippen molar-refractivity contribution in [3.05, 3.63) is 30.1 Å². The van der Waals surface area contributed by atoms with Crippen molar-refractivity contribution in [1.29, 1.82) is 0 Å². The Morgan fingerprint density at radius 1 is 1.16 bits per heavy atom. The lowest BCUT2D eigenvalue weighted by Gasteiger charge is -2.42. The fraction of sp³-hybridized carbons (Fsp3) is 0.600. The molecule has 0 saturated carbocycles. The van der Waals surface area contributed by atoms with Gasteiger partial charge >= 0.3 is 0 Å². The van der Waals surface area contributed by atoms with E-state index in [4.69, 9.17) is 0 Å². The van der Waals surface area contributed by atoms with Crippen molar-refractivity contribution in [2.75, 3.05) is 31.1 Å². The largest absolute Gasteiger partial charge is 0.378 e. The predicted octanol–water partition coefficient (Wildman–Crippen LogP) is 2.31. The number of anilines is 1. The summed E-state index contributed by atoms with van der Waals surface area (Å²) >= 11 is 0. The Kier molecular flexibility index (Phi) is 4.11. The number of hydrogen-bond donors (Lipinski definition) is 1. The Balaban J connectivity index is 1.96. The van der Waals surface area contributed by atoms with Crippen LogP contribution in [0.1, 0.15) is 20.8 Å². The summed E-state index contributed by atoms with van der Waals surface area (Å²) in [5.74, 6) is -0.199. The molecule has 1 atom stereocenters. The van der Waals surface area contributed by atoms with Gasteiger partial charge in [-0.1, -0.05) is 26.8 Å². The quantitative estimate of drug-likeness (QED) is 0.890. The molecule has 1 fully saturated rings. The predicted molar refractivity (Wildman–Crippen MR) is 75.6 cm³/mol. The molecule has 1 aliphatic rings. The molecule has 1 aromatic carbocycles. The van der Waals surface area contributed by atoms with Crippen molar-refractivity contribution in [1.82, 2.24) is 4.90 Å². The van der Waals surface area contributed by atoms with Gasteiger partial charge in [-0.25, -0.2) is 4.39 Å². The molecule has 1 heterocycles. The first kappa shape index (κ1) is 14.3. The van der Waals surface area contributed by atoms with Crippen LogP contribution in [0.15, 0.2) is 24.3 Å². The molecule has 1 unspecified atom stereocenters. The molecule has 2 rings (SSSR count). The van der Waals surface area contributed by atoms with Crippen LogP contribution in [0.5, 0.6) is 0 Å². The highest BCUT2D eigenvalue weighted by Crippen LogP contribution is 2.24. The summed E-state index contributed by atoms with van der Waals surface area (Å²) in [5, 5.41) is 10.3. The van der Waals surface area contributed by atoms with E-state index in [2.05, 4.69) is 9.80 Å². The maximum absolute atomic E-state index is 13.2. The fourth-order valence-corrected chi connectivity index (χ4v) is 2.45.